The zero-order chi connectivity index (χ0) is 47.9. The van der Waals surface area contributed by atoms with Crippen molar-refractivity contribution in [3.8, 4) is 0 Å². The Labute approximate surface area is 407 Å². The number of ether oxygens (including phenoxy) is 3. The van der Waals surface area contributed by atoms with Crippen molar-refractivity contribution in [2.75, 3.05) is 13.2 Å². The summed E-state index contributed by atoms with van der Waals surface area (Å²) in [6, 6.07) is 0. The molecule has 0 radical (unpaired) electrons. The van der Waals surface area contributed by atoms with Crippen molar-refractivity contribution in [2.45, 2.75) is 252 Å². The Balaban J connectivity index is 4.50. The maximum atomic E-state index is 12.8. The first-order valence-electron chi connectivity index (χ1n) is 27.3. The van der Waals surface area contributed by atoms with Crippen LogP contribution in [0, 0.1) is 0 Å². The van der Waals surface area contributed by atoms with Crippen molar-refractivity contribution in [1.29, 1.82) is 0 Å². The van der Waals surface area contributed by atoms with E-state index in [-0.39, 0.29) is 44.0 Å². The van der Waals surface area contributed by atoms with Gasteiger partial charge in [-0.15, -0.1) is 0 Å². The van der Waals surface area contributed by atoms with Crippen LogP contribution in [-0.4, -0.2) is 37.2 Å². The van der Waals surface area contributed by atoms with Gasteiger partial charge in [0.1, 0.15) is 13.2 Å². The molecule has 0 rings (SSSR count). The van der Waals surface area contributed by atoms with Crippen molar-refractivity contribution in [1.82, 2.24) is 0 Å². The monoisotopic (exact) mass is 917 g/mol. The molecule has 1 atom stereocenters. The lowest BCUT2D eigenvalue weighted by Gasteiger charge is -2.18. The van der Waals surface area contributed by atoms with Crippen LogP contribution in [0.5, 0.6) is 0 Å². The molecule has 0 aliphatic rings. The highest BCUT2D eigenvalue weighted by Crippen LogP contribution is 2.15. The van der Waals surface area contributed by atoms with Crippen molar-refractivity contribution in [2.24, 2.45) is 0 Å². The molecule has 0 aromatic carbocycles. The fraction of sp³-hybridized carbons (Fsp3) is 0.683. The van der Waals surface area contributed by atoms with Crippen LogP contribution in [-0.2, 0) is 28.6 Å². The molecular formula is C60H100O6. The number of unbranched alkanes of at least 4 members (excludes halogenated alkanes) is 26. The highest BCUT2D eigenvalue weighted by Gasteiger charge is 2.19. The predicted octanol–water partition coefficient (Wildman–Crippen LogP) is 18.1. The second-order valence-electron chi connectivity index (χ2n) is 17.9. The van der Waals surface area contributed by atoms with E-state index in [0.717, 1.165) is 57.8 Å². The average molecular weight is 917 g/mol. The van der Waals surface area contributed by atoms with Crippen LogP contribution in [0.4, 0.5) is 0 Å². The number of carbonyl (C=O) groups is 3. The third-order valence-electron chi connectivity index (χ3n) is 11.5. The zero-order valence-electron chi connectivity index (χ0n) is 42.9. The standard InChI is InChI=1S/C60H100O6/c1-4-7-10-13-16-19-22-25-27-29-31-32-35-38-41-44-47-50-53-59(62)65-56-57(55-64-58(61)52-49-46-43-40-37-34-24-21-18-15-12-9-6-3)66-60(63)54-51-48-45-42-39-36-33-30-28-26-23-20-17-14-11-8-5-2/h8,11,14,17,20,23,26,28,30,33-34,36-37,39,43,46,57H,4-7,9-10,12-13,15-16,18-19,21-22,24-25,27,29,31-32,35,38,40-42,44-45,47-56H2,1-3H3/b11-8-,17-14-,23-20-,28-26-,33-30+,37-34-,39-36-,46-43-. The average Bonchev–Trinajstić information content (AvgIpc) is 3.31. The van der Waals surface area contributed by atoms with Crippen LogP contribution in [0.3, 0.4) is 0 Å². The van der Waals surface area contributed by atoms with E-state index < -0.39 is 6.10 Å². The Morgan fingerprint density at radius 1 is 0.333 bits per heavy atom. The Hall–Kier alpha value is -3.67. The summed E-state index contributed by atoms with van der Waals surface area (Å²) in [5.74, 6) is -1.02. The third kappa shape index (κ3) is 51.3. The molecule has 0 heterocycles. The minimum atomic E-state index is -0.822. The molecule has 0 saturated carbocycles. The highest BCUT2D eigenvalue weighted by molar-refractivity contribution is 5.71. The van der Waals surface area contributed by atoms with Gasteiger partial charge < -0.3 is 14.2 Å². The fourth-order valence-corrected chi connectivity index (χ4v) is 7.41. The molecule has 0 aromatic rings. The number of hydrogen-bond donors (Lipinski definition) is 0. The lowest BCUT2D eigenvalue weighted by molar-refractivity contribution is -0.166. The molecular weight excluding hydrogens is 817 g/mol. The van der Waals surface area contributed by atoms with E-state index in [4.69, 9.17) is 14.2 Å². The van der Waals surface area contributed by atoms with E-state index in [0.29, 0.717) is 19.3 Å². The number of rotatable bonds is 48. The van der Waals surface area contributed by atoms with Crippen LogP contribution in [0.1, 0.15) is 245 Å². The molecule has 0 aromatic heterocycles. The quantitative estimate of drug-likeness (QED) is 0.0199. The normalized spacial score (nSPS) is 12.8. The van der Waals surface area contributed by atoms with Gasteiger partial charge in [-0.2, -0.15) is 0 Å². The molecule has 6 nitrogen and oxygen atoms in total. The van der Waals surface area contributed by atoms with Gasteiger partial charge in [-0.05, 0) is 57.8 Å². The predicted molar refractivity (Wildman–Crippen MR) is 284 cm³/mol. The SMILES string of the molecule is CC\C=C/C=C\C=C/C=C\C=C\C=C/CCCCCC(=O)OC(COC(=O)CC/C=C\C/C=C\CCCCCCCC)COC(=O)CCCCCCCCCCCCCCCCCCCC. The van der Waals surface area contributed by atoms with E-state index in [1.54, 1.807) is 0 Å². The summed E-state index contributed by atoms with van der Waals surface area (Å²) in [4.78, 5) is 38.0. The summed E-state index contributed by atoms with van der Waals surface area (Å²) in [6.45, 7) is 6.40. The van der Waals surface area contributed by atoms with Crippen LogP contribution >= 0.6 is 0 Å². The molecule has 0 fully saturated rings. The summed E-state index contributed by atoms with van der Waals surface area (Å²) in [7, 11) is 0. The fourth-order valence-electron chi connectivity index (χ4n) is 7.41. The van der Waals surface area contributed by atoms with E-state index in [2.05, 4.69) is 51.2 Å². The van der Waals surface area contributed by atoms with Gasteiger partial charge >= 0.3 is 17.9 Å². The second kappa shape index (κ2) is 53.9. The van der Waals surface area contributed by atoms with E-state index in [1.165, 1.54) is 135 Å². The minimum absolute atomic E-state index is 0.112. The molecule has 376 valence electrons. The lowest BCUT2D eigenvalue weighted by Crippen LogP contribution is -2.30. The van der Waals surface area contributed by atoms with Gasteiger partial charge in [0.05, 0.1) is 0 Å². The second-order valence-corrected chi connectivity index (χ2v) is 17.9. The van der Waals surface area contributed by atoms with Crippen LogP contribution in [0.15, 0.2) is 97.2 Å². The maximum absolute atomic E-state index is 12.8. The van der Waals surface area contributed by atoms with Gasteiger partial charge in [0.2, 0.25) is 0 Å². The molecule has 66 heavy (non-hydrogen) atoms. The molecule has 0 N–H and O–H groups in total. The summed E-state index contributed by atoms with van der Waals surface area (Å²) < 4.78 is 16.7. The first kappa shape index (κ1) is 62.3. The first-order valence-corrected chi connectivity index (χ1v) is 27.3. The Morgan fingerprint density at radius 3 is 1.15 bits per heavy atom. The molecule has 0 amide bonds. The van der Waals surface area contributed by atoms with Gasteiger partial charge in [-0.3, -0.25) is 14.4 Å². The number of carbonyl (C=O) groups excluding carboxylic acids is 3. The minimum Gasteiger partial charge on any atom is -0.462 e. The van der Waals surface area contributed by atoms with Crippen molar-refractivity contribution < 1.29 is 28.6 Å². The lowest BCUT2D eigenvalue weighted by atomic mass is 10.0. The molecule has 0 spiro atoms. The van der Waals surface area contributed by atoms with Gasteiger partial charge in [0.25, 0.3) is 0 Å². The summed E-state index contributed by atoms with van der Waals surface area (Å²) in [5, 5.41) is 0. The maximum Gasteiger partial charge on any atom is 0.306 e. The largest absolute Gasteiger partial charge is 0.462 e. The van der Waals surface area contributed by atoms with E-state index >= 15 is 0 Å². The van der Waals surface area contributed by atoms with Gasteiger partial charge in [-0.25, -0.2) is 0 Å². The Morgan fingerprint density at radius 2 is 0.682 bits per heavy atom. The zero-order valence-corrected chi connectivity index (χ0v) is 42.9. The van der Waals surface area contributed by atoms with Crippen LogP contribution < -0.4 is 0 Å². The number of hydrogen-bond acceptors (Lipinski definition) is 6. The molecule has 0 saturated heterocycles. The van der Waals surface area contributed by atoms with Crippen molar-refractivity contribution in [3.63, 3.8) is 0 Å². The Kier molecular flexibility index (Phi) is 50.9. The van der Waals surface area contributed by atoms with Gasteiger partial charge in [0.15, 0.2) is 6.10 Å². The molecule has 1 unspecified atom stereocenters. The summed E-state index contributed by atoms with van der Waals surface area (Å²) in [6.07, 6.45) is 71.2. The first-order chi connectivity index (χ1) is 32.5. The molecule has 0 bridgehead atoms. The van der Waals surface area contributed by atoms with Crippen LogP contribution in [0.25, 0.3) is 0 Å². The van der Waals surface area contributed by atoms with E-state index in [1.807, 2.05) is 66.8 Å². The highest BCUT2D eigenvalue weighted by atomic mass is 16.6. The smallest absolute Gasteiger partial charge is 0.306 e. The van der Waals surface area contributed by atoms with Gasteiger partial charge in [-0.1, -0.05) is 266 Å². The molecule has 0 aliphatic heterocycles. The number of esters is 3. The Bertz CT molecular complexity index is 1330. The summed E-state index contributed by atoms with van der Waals surface area (Å²) >= 11 is 0. The van der Waals surface area contributed by atoms with Crippen molar-refractivity contribution in [3.05, 3.63) is 97.2 Å². The summed E-state index contributed by atoms with van der Waals surface area (Å²) in [5.41, 5.74) is 0. The molecule has 0 aliphatic carbocycles. The van der Waals surface area contributed by atoms with Crippen molar-refractivity contribution >= 4 is 17.9 Å². The third-order valence-corrected chi connectivity index (χ3v) is 11.5. The molecule has 6 heteroatoms. The topological polar surface area (TPSA) is 78.9 Å². The van der Waals surface area contributed by atoms with E-state index in [9.17, 15) is 14.4 Å². The van der Waals surface area contributed by atoms with Crippen LogP contribution in [0.2, 0.25) is 0 Å². The van der Waals surface area contributed by atoms with Gasteiger partial charge in [0, 0.05) is 19.3 Å². The number of allylic oxidation sites excluding steroid dienone is 16.